The second kappa shape index (κ2) is 10.3. The van der Waals surface area contributed by atoms with Gasteiger partial charge in [0.1, 0.15) is 16.3 Å². The number of hydrogen-bond donors (Lipinski definition) is 0. The average Bonchev–Trinajstić information content (AvgIpc) is 3.21. The van der Waals surface area contributed by atoms with Crippen molar-refractivity contribution in [3.63, 3.8) is 0 Å². The summed E-state index contributed by atoms with van der Waals surface area (Å²) in [5.74, 6) is -0.550. The van der Waals surface area contributed by atoms with E-state index in [0.29, 0.717) is 30.0 Å². The third kappa shape index (κ3) is 5.05. The van der Waals surface area contributed by atoms with E-state index in [2.05, 4.69) is 0 Å². The summed E-state index contributed by atoms with van der Waals surface area (Å²) in [6.07, 6.45) is 0. The molecule has 8 nitrogen and oxygen atoms in total. The molecule has 0 aliphatic rings. The lowest BCUT2D eigenvalue weighted by atomic mass is 10.2. The minimum atomic E-state index is -0.550. The van der Waals surface area contributed by atoms with E-state index in [1.165, 1.54) is 15.2 Å². The number of thiophene rings is 1. The first-order valence-corrected chi connectivity index (χ1v) is 10.4. The van der Waals surface area contributed by atoms with Gasteiger partial charge in [0, 0.05) is 13.7 Å². The fraction of sp³-hybridized carbons (Fsp3) is 0.381. The molecule has 2 heterocycles. The van der Waals surface area contributed by atoms with Crippen LogP contribution in [0, 0.1) is 0 Å². The van der Waals surface area contributed by atoms with E-state index < -0.39 is 17.2 Å². The van der Waals surface area contributed by atoms with E-state index in [0.717, 1.165) is 16.9 Å². The lowest BCUT2D eigenvalue weighted by molar-refractivity contribution is 0.0167. The van der Waals surface area contributed by atoms with Crippen LogP contribution in [0.3, 0.4) is 0 Å². The largest absolute Gasteiger partial charge is 0.459 e. The molecule has 0 unspecified atom stereocenters. The molecule has 0 N–H and O–H groups in total. The van der Waals surface area contributed by atoms with Crippen LogP contribution in [0.1, 0.15) is 22.2 Å². The summed E-state index contributed by atoms with van der Waals surface area (Å²) in [7, 11) is 1.59. The van der Waals surface area contributed by atoms with Crippen molar-refractivity contribution in [3.8, 4) is 0 Å². The summed E-state index contributed by atoms with van der Waals surface area (Å²) in [6, 6.07) is 10.8. The number of ether oxygens (including phenoxy) is 3. The van der Waals surface area contributed by atoms with Crippen molar-refractivity contribution in [1.82, 2.24) is 9.13 Å². The van der Waals surface area contributed by atoms with Gasteiger partial charge in [-0.1, -0.05) is 30.3 Å². The molecule has 0 atom stereocenters. The Morgan fingerprint density at radius 1 is 1.03 bits per heavy atom. The van der Waals surface area contributed by atoms with E-state index in [1.807, 2.05) is 37.3 Å². The van der Waals surface area contributed by atoms with Crippen LogP contribution in [0.2, 0.25) is 0 Å². The Hall–Kier alpha value is -2.75. The Labute approximate surface area is 177 Å². The van der Waals surface area contributed by atoms with Crippen LogP contribution < -0.4 is 11.2 Å². The van der Waals surface area contributed by atoms with Gasteiger partial charge < -0.3 is 14.2 Å². The molecule has 1 aromatic carbocycles. The first kappa shape index (κ1) is 21.9. The fourth-order valence-corrected chi connectivity index (χ4v) is 3.92. The molecule has 0 amide bonds. The number of carbonyl (C=O) groups excluding carboxylic acids is 1. The van der Waals surface area contributed by atoms with Crippen LogP contribution in [0.5, 0.6) is 0 Å². The normalized spacial score (nSPS) is 11.1. The summed E-state index contributed by atoms with van der Waals surface area (Å²) in [5, 5.41) is 0.318. The Morgan fingerprint density at radius 3 is 2.47 bits per heavy atom. The number of fused-ring (bicyclic) bond motifs is 1. The van der Waals surface area contributed by atoms with E-state index >= 15 is 0 Å². The molecule has 30 heavy (non-hydrogen) atoms. The third-order valence-corrected chi connectivity index (χ3v) is 5.62. The zero-order valence-corrected chi connectivity index (χ0v) is 17.8. The zero-order valence-electron chi connectivity index (χ0n) is 17.0. The monoisotopic (exact) mass is 432 g/mol. The first-order chi connectivity index (χ1) is 14.5. The highest BCUT2D eigenvalue weighted by molar-refractivity contribution is 7.20. The van der Waals surface area contributed by atoms with E-state index in [9.17, 15) is 14.4 Å². The Kier molecular flexibility index (Phi) is 7.56. The average molecular weight is 432 g/mol. The summed E-state index contributed by atoms with van der Waals surface area (Å²) in [6.45, 7) is 3.96. The molecular formula is C21H24N2O6S. The van der Waals surface area contributed by atoms with Crippen LogP contribution in [0.15, 0.2) is 46.0 Å². The summed E-state index contributed by atoms with van der Waals surface area (Å²) in [5.41, 5.74) is -0.0115. The van der Waals surface area contributed by atoms with Crippen molar-refractivity contribution in [2.24, 2.45) is 7.05 Å². The van der Waals surface area contributed by atoms with Crippen LogP contribution in [0.25, 0.3) is 10.2 Å². The molecule has 3 aromatic rings. The van der Waals surface area contributed by atoms with Crippen molar-refractivity contribution in [3.05, 3.63) is 67.7 Å². The number of carbonyl (C=O) groups is 1. The summed E-state index contributed by atoms with van der Waals surface area (Å²) < 4.78 is 18.2. The van der Waals surface area contributed by atoms with Crippen molar-refractivity contribution in [1.29, 1.82) is 0 Å². The summed E-state index contributed by atoms with van der Waals surface area (Å²) in [4.78, 5) is 38.6. The fourth-order valence-electron chi connectivity index (χ4n) is 2.92. The van der Waals surface area contributed by atoms with Crippen LogP contribution >= 0.6 is 11.3 Å². The molecule has 160 valence electrons. The number of benzene rings is 1. The highest BCUT2D eigenvalue weighted by atomic mass is 32.1. The third-order valence-electron chi connectivity index (χ3n) is 4.43. The maximum absolute atomic E-state index is 12.9. The molecule has 0 radical (unpaired) electrons. The van der Waals surface area contributed by atoms with Crippen LogP contribution in [-0.4, -0.2) is 48.1 Å². The predicted molar refractivity (Wildman–Crippen MR) is 114 cm³/mol. The molecule has 0 bridgehead atoms. The van der Waals surface area contributed by atoms with E-state index in [-0.39, 0.29) is 24.6 Å². The highest BCUT2D eigenvalue weighted by Gasteiger charge is 2.18. The van der Waals surface area contributed by atoms with Crippen LogP contribution in [-0.2, 0) is 27.8 Å². The predicted octanol–water partition coefficient (Wildman–Crippen LogP) is 2.02. The van der Waals surface area contributed by atoms with Gasteiger partial charge >= 0.3 is 11.7 Å². The van der Waals surface area contributed by atoms with Gasteiger partial charge in [-0.05, 0) is 18.6 Å². The number of nitrogens with zero attached hydrogens (tertiary/aromatic N) is 2. The van der Waals surface area contributed by atoms with E-state index in [1.54, 1.807) is 7.05 Å². The van der Waals surface area contributed by atoms with Crippen LogP contribution in [0.4, 0.5) is 0 Å². The van der Waals surface area contributed by atoms with Crippen molar-refractivity contribution < 1.29 is 19.0 Å². The maximum Gasteiger partial charge on any atom is 0.348 e. The molecule has 0 fully saturated rings. The lowest BCUT2D eigenvalue weighted by Crippen LogP contribution is -2.38. The standard InChI is InChI=1S/C21H24N2O6S/c1-3-27-9-10-28-11-12-29-20(25)17-13-16-18(24)23(14-15-7-5-4-6-8-15)21(26)22(2)19(16)30-17/h4-8,13H,3,9-12,14H2,1-2H3. The Balaban J connectivity index is 1.75. The van der Waals surface area contributed by atoms with Gasteiger partial charge in [-0.2, -0.15) is 0 Å². The number of aryl methyl sites for hydroxylation is 1. The van der Waals surface area contributed by atoms with Gasteiger partial charge in [0.2, 0.25) is 0 Å². The van der Waals surface area contributed by atoms with Gasteiger partial charge in [-0.25, -0.2) is 9.59 Å². The molecule has 0 saturated carbocycles. The summed E-state index contributed by atoms with van der Waals surface area (Å²) >= 11 is 1.06. The number of aromatic nitrogens is 2. The van der Waals surface area contributed by atoms with Crippen molar-refractivity contribution >= 4 is 27.5 Å². The first-order valence-electron chi connectivity index (χ1n) is 9.62. The topological polar surface area (TPSA) is 88.8 Å². The van der Waals surface area contributed by atoms with Gasteiger partial charge in [0.15, 0.2) is 0 Å². The SMILES string of the molecule is CCOCCOCCOC(=O)c1cc2c(=O)n(Cc3ccccc3)c(=O)n(C)c2s1. The zero-order chi connectivity index (χ0) is 21.5. The minimum absolute atomic E-state index is 0.0936. The Bertz CT molecular complexity index is 1120. The van der Waals surface area contributed by atoms with Gasteiger partial charge in [-0.3, -0.25) is 13.9 Å². The molecule has 0 aliphatic heterocycles. The molecular weight excluding hydrogens is 408 g/mol. The Morgan fingerprint density at radius 2 is 1.73 bits per heavy atom. The second-order valence-corrected chi connectivity index (χ2v) is 7.52. The molecule has 2 aromatic heterocycles. The number of rotatable bonds is 10. The lowest BCUT2D eigenvalue weighted by Gasteiger charge is -2.08. The van der Waals surface area contributed by atoms with Crippen molar-refractivity contribution in [2.45, 2.75) is 13.5 Å². The molecule has 0 spiro atoms. The molecule has 9 heteroatoms. The maximum atomic E-state index is 12.9. The molecule has 3 rings (SSSR count). The highest BCUT2D eigenvalue weighted by Crippen LogP contribution is 2.22. The second-order valence-electron chi connectivity index (χ2n) is 6.49. The number of hydrogen-bond acceptors (Lipinski definition) is 7. The van der Waals surface area contributed by atoms with E-state index in [4.69, 9.17) is 14.2 Å². The minimum Gasteiger partial charge on any atom is -0.459 e. The quantitative estimate of drug-likeness (QED) is 0.360. The smallest absolute Gasteiger partial charge is 0.348 e. The van der Waals surface area contributed by atoms with Crippen molar-refractivity contribution in [2.75, 3.05) is 33.0 Å². The molecule has 0 aliphatic carbocycles. The van der Waals surface area contributed by atoms with Gasteiger partial charge in [0.05, 0.1) is 31.8 Å². The number of esters is 1. The molecule has 0 saturated heterocycles. The van der Waals surface area contributed by atoms with Gasteiger partial charge in [0.25, 0.3) is 5.56 Å². The van der Waals surface area contributed by atoms with Gasteiger partial charge in [-0.15, -0.1) is 11.3 Å².